The molecule has 0 saturated heterocycles. The average Bonchev–Trinajstić information content (AvgIpc) is 3.09. The molecule has 0 bridgehead atoms. The lowest BCUT2D eigenvalue weighted by Gasteiger charge is -2.10. The first-order valence-corrected chi connectivity index (χ1v) is 7.26. The van der Waals surface area contributed by atoms with Gasteiger partial charge in [-0.15, -0.1) is 11.3 Å². The summed E-state index contributed by atoms with van der Waals surface area (Å²) >= 11 is 1.40. The number of hydrogen-bond acceptors (Lipinski definition) is 4. The van der Waals surface area contributed by atoms with Gasteiger partial charge in [0.1, 0.15) is 4.88 Å². The van der Waals surface area contributed by atoms with Gasteiger partial charge in [0, 0.05) is 26.0 Å². The molecular weight excluding hydrogens is 276 g/mol. The molecule has 20 heavy (non-hydrogen) atoms. The number of aliphatic hydroxyl groups excluding tert-OH is 1. The van der Waals surface area contributed by atoms with Gasteiger partial charge in [0.2, 0.25) is 0 Å². The lowest BCUT2D eigenvalue weighted by Crippen LogP contribution is -2.28. The number of rotatable bonds is 7. The van der Waals surface area contributed by atoms with Crippen molar-refractivity contribution < 1.29 is 14.6 Å². The van der Waals surface area contributed by atoms with Crippen molar-refractivity contribution in [3.8, 4) is 5.69 Å². The van der Waals surface area contributed by atoms with Crippen LogP contribution in [0.4, 0.5) is 0 Å². The molecule has 0 radical (unpaired) electrons. The van der Waals surface area contributed by atoms with E-state index < -0.39 is 6.10 Å². The maximum atomic E-state index is 12.1. The fourth-order valence-electron chi connectivity index (χ4n) is 1.88. The Bertz CT molecular complexity index is 536. The summed E-state index contributed by atoms with van der Waals surface area (Å²) in [6.45, 7) is 0.704. The number of thiophene rings is 1. The second-order valence-corrected chi connectivity index (χ2v) is 5.30. The van der Waals surface area contributed by atoms with Gasteiger partial charge in [-0.1, -0.05) is 0 Å². The summed E-state index contributed by atoms with van der Waals surface area (Å²) in [7, 11) is 1.54. The Morgan fingerprint density at radius 3 is 2.95 bits per heavy atom. The molecule has 0 aliphatic rings. The van der Waals surface area contributed by atoms with Crippen molar-refractivity contribution in [3.63, 3.8) is 0 Å². The molecule has 2 heterocycles. The molecule has 0 aliphatic carbocycles. The topological polar surface area (TPSA) is 63.5 Å². The number of aliphatic hydroxyl groups is 1. The molecule has 6 heteroatoms. The molecule has 1 amide bonds. The monoisotopic (exact) mass is 294 g/mol. The standard InChI is InChI=1S/C14H18N2O3S/c1-19-10-11(17)4-6-15-14(18)13-12(5-9-20-13)16-7-2-3-8-16/h2-3,5,7-9,11,17H,4,6,10H2,1H3,(H,15,18). The molecule has 108 valence electrons. The second-order valence-electron chi connectivity index (χ2n) is 4.38. The van der Waals surface area contributed by atoms with Crippen LogP contribution in [0.3, 0.4) is 0 Å². The highest BCUT2D eigenvalue weighted by Gasteiger charge is 2.14. The van der Waals surface area contributed by atoms with E-state index in [2.05, 4.69) is 5.32 Å². The third kappa shape index (κ3) is 3.69. The summed E-state index contributed by atoms with van der Waals surface area (Å²) in [5.41, 5.74) is 0.870. The Labute approximate surface area is 121 Å². The Balaban J connectivity index is 1.92. The van der Waals surface area contributed by atoms with Gasteiger partial charge in [0.05, 0.1) is 18.4 Å². The van der Waals surface area contributed by atoms with E-state index in [1.54, 1.807) is 0 Å². The summed E-state index contributed by atoms with van der Waals surface area (Å²) in [5, 5.41) is 14.2. The highest BCUT2D eigenvalue weighted by atomic mass is 32.1. The van der Waals surface area contributed by atoms with Gasteiger partial charge in [-0.25, -0.2) is 0 Å². The van der Waals surface area contributed by atoms with Gasteiger partial charge in [-0.3, -0.25) is 4.79 Å². The van der Waals surface area contributed by atoms with Gasteiger partial charge in [-0.05, 0) is 30.0 Å². The third-order valence-electron chi connectivity index (χ3n) is 2.86. The maximum Gasteiger partial charge on any atom is 0.263 e. The fraction of sp³-hybridized carbons (Fsp3) is 0.357. The van der Waals surface area contributed by atoms with Crippen molar-refractivity contribution in [1.82, 2.24) is 9.88 Å². The van der Waals surface area contributed by atoms with E-state index in [-0.39, 0.29) is 12.5 Å². The zero-order valence-electron chi connectivity index (χ0n) is 11.3. The average molecular weight is 294 g/mol. The normalized spacial score (nSPS) is 12.3. The van der Waals surface area contributed by atoms with Gasteiger partial charge < -0.3 is 19.7 Å². The van der Waals surface area contributed by atoms with Crippen LogP contribution in [0.2, 0.25) is 0 Å². The molecule has 0 saturated carbocycles. The van der Waals surface area contributed by atoms with Crippen LogP contribution in [0.25, 0.3) is 5.69 Å². The molecule has 2 rings (SSSR count). The molecule has 1 unspecified atom stereocenters. The van der Waals surface area contributed by atoms with Crippen LogP contribution in [-0.4, -0.2) is 41.9 Å². The van der Waals surface area contributed by atoms with Crippen molar-refractivity contribution in [1.29, 1.82) is 0 Å². The maximum absolute atomic E-state index is 12.1. The fourth-order valence-corrected chi connectivity index (χ4v) is 2.69. The van der Waals surface area contributed by atoms with Crippen LogP contribution in [0, 0.1) is 0 Å². The van der Waals surface area contributed by atoms with Gasteiger partial charge in [0.15, 0.2) is 0 Å². The summed E-state index contributed by atoms with van der Waals surface area (Å²) in [4.78, 5) is 12.8. The lowest BCUT2D eigenvalue weighted by molar-refractivity contribution is 0.0588. The predicted octanol–water partition coefficient (Wildman–Crippen LogP) is 1.67. The summed E-state index contributed by atoms with van der Waals surface area (Å²) < 4.78 is 6.75. The molecule has 5 nitrogen and oxygen atoms in total. The van der Waals surface area contributed by atoms with E-state index >= 15 is 0 Å². The van der Waals surface area contributed by atoms with Crippen molar-refractivity contribution in [2.75, 3.05) is 20.3 Å². The van der Waals surface area contributed by atoms with E-state index in [1.807, 2.05) is 40.5 Å². The van der Waals surface area contributed by atoms with Crippen LogP contribution >= 0.6 is 11.3 Å². The second kappa shape index (κ2) is 7.23. The van der Waals surface area contributed by atoms with Gasteiger partial charge in [0.25, 0.3) is 5.91 Å². The van der Waals surface area contributed by atoms with Crippen molar-refractivity contribution in [3.05, 3.63) is 40.8 Å². The summed E-state index contributed by atoms with van der Waals surface area (Å²) in [6.07, 6.45) is 3.74. The van der Waals surface area contributed by atoms with Crippen molar-refractivity contribution >= 4 is 17.2 Å². The molecule has 0 aromatic carbocycles. The first kappa shape index (κ1) is 14.8. The molecule has 1 atom stereocenters. The number of aromatic nitrogens is 1. The highest BCUT2D eigenvalue weighted by molar-refractivity contribution is 7.12. The van der Waals surface area contributed by atoms with E-state index in [4.69, 9.17) is 4.74 Å². The van der Waals surface area contributed by atoms with E-state index in [0.29, 0.717) is 17.8 Å². The SMILES string of the molecule is COCC(O)CCNC(=O)c1sccc1-n1cccc1. The first-order chi connectivity index (χ1) is 9.72. The lowest BCUT2D eigenvalue weighted by atomic mass is 10.2. The molecule has 0 aliphatic heterocycles. The Morgan fingerprint density at radius 1 is 1.50 bits per heavy atom. The number of carbonyl (C=O) groups is 1. The van der Waals surface area contributed by atoms with Gasteiger partial charge in [-0.2, -0.15) is 0 Å². The van der Waals surface area contributed by atoms with Crippen LogP contribution in [0.15, 0.2) is 36.0 Å². The van der Waals surface area contributed by atoms with Gasteiger partial charge >= 0.3 is 0 Å². The number of nitrogens with zero attached hydrogens (tertiary/aromatic N) is 1. The molecular formula is C14H18N2O3S. The Kier molecular flexibility index (Phi) is 5.34. The number of hydrogen-bond donors (Lipinski definition) is 2. The third-order valence-corrected chi connectivity index (χ3v) is 3.76. The Hall–Kier alpha value is -1.63. The highest BCUT2D eigenvalue weighted by Crippen LogP contribution is 2.21. The minimum Gasteiger partial charge on any atom is -0.391 e. The zero-order valence-corrected chi connectivity index (χ0v) is 12.1. The number of methoxy groups -OCH3 is 1. The van der Waals surface area contributed by atoms with Crippen LogP contribution in [-0.2, 0) is 4.74 Å². The number of carbonyl (C=O) groups excluding carboxylic acids is 1. The van der Waals surface area contributed by atoms with Crippen molar-refractivity contribution in [2.45, 2.75) is 12.5 Å². The summed E-state index contributed by atoms with van der Waals surface area (Å²) in [6, 6.07) is 5.75. The molecule has 0 fully saturated rings. The number of amides is 1. The minimum absolute atomic E-state index is 0.117. The number of nitrogens with one attached hydrogen (secondary N) is 1. The van der Waals surface area contributed by atoms with E-state index in [0.717, 1.165) is 5.69 Å². The van der Waals surface area contributed by atoms with Crippen LogP contribution < -0.4 is 5.32 Å². The smallest absolute Gasteiger partial charge is 0.263 e. The zero-order chi connectivity index (χ0) is 14.4. The van der Waals surface area contributed by atoms with E-state index in [1.165, 1.54) is 18.4 Å². The van der Waals surface area contributed by atoms with Crippen LogP contribution in [0.5, 0.6) is 0 Å². The molecule has 0 spiro atoms. The predicted molar refractivity (Wildman–Crippen MR) is 78.5 cm³/mol. The minimum atomic E-state index is -0.549. The Morgan fingerprint density at radius 2 is 2.25 bits per heavy atom. The summed E-state index contributed by atoms with van der Waals surface area (Å²) in [5.74, 6) is -0.117. The molecule has 2 N–H and O–H groups in total. The largest absolute Gasteiger partial charge is 0.391 e. The molecule has 2 aromatic rings. The molecule has 2 aromatic heterocycles. The number of ether oxygens (including phenoxy) is 1. The first-order valence-electron chi connectivity index (χ1n) is 6.38. The van der Waals surface area contributed by atoms with E-state index in [9.17, 15) is 9.90 Å². The van der Waals surface area contributed by atoms with Crippen LogP contribution in [0.1, 0.15) is 16.1 Å². The van der Waals surface area contributed by atoms with Crippen molar-refractivity contribution in [2.24, 2.45) is 0 Å². The quantitative estimate of drug-likeness (QED) is 0.816.